The minimum absolute atomic E-state index is 0.146. The van der Waals surface area contributed by atoms with E-state index >= 15 is 0 Å². The molecule has 0 amide bonds. The van der Waals surface area contributed by atoms with Gasteiger partial charge in [-0.25, -0.2) is 9.97 Å². The van der Waals surface area contributed by atoms with Gasteiger partial charge in [-0.2, -0.15) is 0 Å². The highest BCUT2D eigenvalue weighted by Gasteiger charge is 2.33. The summed E-state index contributed by atoms with van der Waals surface area (Å²) in [7, 11) is 0. The lowest BCUT2D eigenvalue weighted by Gasteiger charge is -2.17. The fraction of sp³-hybridized carbons (Fsp3) is 0.583. The first-order chi connectivity index (χ1) is 8.31. The molecule has 1 aromatic rings. The van der Waals surface area contributed by atoms with Crippen LogP contribution < -0.4 is 5.32 Å². The smallest absolute Gasteiger partial charge is 0.323 e. The van der Waals surface area contributed by atoms with Gasteiger partial charge in [-0.1, -0.05) is 0 Å². The zero-order chi connectivity index (χ0) is 12.1. The Kier molecular flexibility index (Phi) is 4.03. The molecule has 1 aromatic heterocycles. The second kappa shape index (κ2) is 5.72. The zero-order valence-electron chi connectivity index (χ0n) is 9.93. The van der Waals surface area contributed by atoms with Gasteiger partial charge in [0.1, 0.15) is 12.4 Å². The Labute approximate surface area is 101 Å². The Morgan fingerprint density at radius 1 is 1.53 bits per heavy atom. The summed E-state index contributed by atoms with van der Waals surface area (Å²) in [6.07, 6.45) is 6.91. The van der Waals surface area contributed by atoms with Gasteiger partial charge in [0, 0.05) is 12.4 Å². The van der Waals surface area contributed by atoms with Crippen LogP contribution in [0, 0.1) is 5.92 Å². The van der Waals surface area contributed by atoms with Crippen LogP contribution in [-0.4, -0.2) is 35.1 Å². The number of carbonyl (C=O) groups is 1. The van der Waals surface area contributed by atoms with Crippen molar-refractivity contribution in [3.63, 3.8) is 0 Å². The molecule has 0 bridgehead atoms. The fourth-order valence-corrected chi connectivity index (χ4v) is 2.22. The number of nitrogens with one attached hydrogen (secondary N) is 1. The first kappa shape index (κ1) is 12.0. The summed E-state index contributed by atoms with van der Waals surface area (Å²) < 4.78 is 5.06. The molecular formula is C12H17N3O2. The Bertz CT molecular complexity index is 369. The first-order valence-corrected chi connectivity index (χ1v) is 5.95. The molecule has 0 saturated carbocycles. The maximum absolute atomic E-state index is 11.7. The number of esters is 1. The zero-order valence-corrected chi connectivity index (χ0v) is 9.93. The Morgan fingerprint density at radius 2 is 2.29 bits per heavy atom. The van der Waals surface area contributed by atoms with Crippen LogP contribution in [0.3, 0.4) is 0 Å². The van der Waals surface area contributed by atoms with Crippen molar-refractivity contribution in [2.75, 3.05) is 13.2 Å². The molecule has 92 valence electrons. The van der Waals surface area contributed by atoms with Gasteiger partial charge in [0.25, 0.3) is 0 Å². The molecule has 1 aliphatic rings. The van der Waals surface area contributed by atoms with Crippen LogP contribution in [0.1, 0.15) is 18.9 Å². The van der Waals surface area contributed by atoms with E-state index in [1.165, 1.54) is 6.33 Å². The standard InChI is InChI=1S/C12H17N3O2/c1-2-17-12(16)11-10(3-4-15-11)5-9-6-13-8-14-7-9/h6-8,10-11,15H,2-5H2,1H3/t10-,11-/m1/s1. The number of hydrogen-bond acceptors (Lipinski definition) is 5. The van der Waals surface area contributed by atoms with Crippen molar-refractivity contribution >= 4 is 5.97 Å². The molecule has 2 rings (SSSR count). The van der Waals surface area contributed by atoms with Gasteiger partial charge in [-0.05, 0) is 37.8 Å². The van der Waals surface area contributed by atoms with Gasteiger partial charge in [-0.3, -0.25) is 4.79 Å². The molecule has 0 aromatic carbocycles. The van der Waals surface area contributed by atoms with Crippen molar-refractivity contribution in [1.82, 2.24) is 15.3 Å². The normalized spacial score (nSPS) is 23.6. The monoisotopic (exact) mass is 235 g/mol. The molecule has 17 heavy (non-hydrogen) atoms. The van der Waals surface area contributed by atoms with E-state index in [9.17, 15) is 4.79 Å². The summed E-state index contributed by atoms with van der Waals surface area (Å²) in [5, 5.41) is 3.20. The van der Waals surface area contributed by atoms with E-state index in [1.54, 1.807) is 12.4 Å². The molecule has 1 fully saturated rings. The molecule has 0 radical (unpaired) electrons. The van der Waals surface area contributed by atoms with E-state index in [4.69, 9.17) is 4.74 Å². The lowest BCUT2D eigenvalue weighted by molar-refractivity contribution is -0.146. The van der Waals surface area contributed by atoms with Crippen molar-refractivity contribution < 1.29 is 9.53 Å². The van der Waals surface area contributed by atoms with Crippen molar-refractivity contribution in [3.8, 4) is 0 Å². The van der Waals surface area contributed by atoms with Crippen LogP contribution in [0.25, 0.3) is 0 Å². The van der Waals surface area contributed by atoms with Gasteiger partial charge in [0.2, 0.25) is 0 Å². The van der Waals surface area contributed by atoms with E-state index in [0.717, 1.165) is 24.9 Å². The lowest BCUT2D eigenvalue weighted by Crippen LogP contribution is -2.37. The Balaban J connectivity index is 1.98. The number of rotatable bonds is 4. The molecular weight excluding hydrogens is 218 g/mol. The minimum atomic E-state index is -0.185. The highest BCUT2D eigenvalue weighted by atomic mass is 16.5. The fourth-order valence-electron chi connectivity index (χ4n) is 2.22. The predicted octanol–water partition coefficient (Wildman–Crippen LogP) is 0.560. The van der Waals surface area contributed by atoms with Crippen LogP contribution in [0.2, 0.25) is 0 Å². The van der Waals surface area contributed by atoms with E-state index in [1.807, 2.05) is 6.92 Å². The molecule has 0 unspecified atom stereocenters. The quantitative estimate of drug-likeness (QED) is 0.773. The molecule has 1 saturated heterocycles. The maximum atomic E-state index is 11.7. The van der Waals surface area contributed by atoms with Crippen LogP contribution in [-0.2, 0) is 16.0 Å². The molecule has 1 aliphatic heterocycles. The van der Waals surface area contributed by atoms with Gasteiger partial charge in [0.05, 0.1) is 6.61 Å². The summed E-state index contributed by atoms with van der Waals surface area (Å²) in [5.41, 5.74) is 1.07. The van der Waals surface area contributed by atoms with E-state index in [2.05, 4.69) is 15.3 Å². The lowest BCUT2D eigenvalue weighted by atomic mass is 9.94. The Morgan fingerprint density at radius 3 is 3.00 bits per heavy atom. The average molecular weight is 235 g/mol. The molecule has 2 atom stereocenters. The number of carbonyl (C=O) groups excluding carboxylic acids is 1. The molecule has 0 aliphatic carbocycles. The number of aromatic nitrogens is 2. The Hall–Kier alpha value is -1.49. The topological polar surface area (TPSA) is 64.1 Å². The first-order valence-electron chi connectivity index (χ1n) is 5.95. The molecule has 2 heterocycles. The highest BCUT2D eigenvalue weighted by Crippen LogP contribution is 2.21. The highest BCUT2D eigenvalue weighted by molar-refractivity contribution is 5.76. The SMILES string of the molecule is CCOC(=O)[C@@H]1NCC[C@@H]1Cc1cncnc1. The molecule has 1 N–H and O–H groups in total. The van der Waals surface area contributed by atoms with Crippen molar-refractivity contribution in [3.05, 3.63) is 24.3 Å². The third kappa shape index (κ3) is 3.00. The summed E-state index contributed by atoms with van der Waals surface area (Å²) in [4.78, 5) is 19.7. The van der Waals surface area contributed by atoms with Gasteiger partial charge < -0.3 is 10.1 Å². The molecule has 0 spiro atoms. The summed E-state index contributed by atoms with van der Waals surface area (Å²) in [5.74, 6) is 0.131. The van der Waals surface area contributed by atoms with Crippen LogP contribution in [0.5, 0.6) is 0 Å². The van der Waals surface area contributed by atoms with E-state index in [-0.39, 0.29) is 17.9 Å². The van der Waals surface area contributed by atoms with Crippen LogP contribution >= 0.6 is 0 Å². The van der Waals surface area contributed by atoms with Gasteiger partial charge in [-0.15, -0.1) is 0 Å². The number of ether oxygens (including phenoxy) is 1. The van der Waals surface area contributed by atoms with Gasteiger partial charge >= 0.3 is 5.97 Å². The average Bonchev–Trinajstić information content (AvgIpc) is 2.79. The number of nitrogens with zero attached hydrogens (tertiary/aromatic N) is 2. The number of hydrogen-bond donors (Lipinski definition) is 1. The summed E-state index contributed by atoms with van der Waals surface area (Å²) >= 11 is 0. The summed E-state index contributed by atoms with van der Waals surface area (Å²) in [6.45, 7) is 3.12. The van der Waals surface area contributed by atoms with Crippen molar-refractivity contribution in [2.24, 2.45) is 5.92 Å². The predicted molar refractivity (Wildman–Crippen MR) is 62.3 cm³/mol. The third-order valence-electron chi connectivity index (χ3n) is 3.00. The van der Waals surface area contributed by atoms with Crippen LogP contribution in [0.15, 0.2) is 18.7 Å². The maximum Gasteiger partial charge on any atom is 0.323 e. The minimum Gasteiger partial charge on any atom is -0.465 e. The molecule has 5 nitrogen and oxygen atoms in total. The van der Waals surface area contributed by atoms with E-state index in [0.29, 0.717) is 6.61 Å². The van der Waals surface area contributed by atoms with Crippen molar-refractivity contribution in [1.29, 1.82) is 0 Å². The molecule has 5 heteroatoms. The van der Waals surface area contributed by atoms with Gasteiger partial charge in [0.15, 0.2) is 0 Å². The summed E-state index contributed by atoms with van der Waals surface area (Å²) in [6, 6.07) is -0.185. The largest absolute Gasteiger partial charge is 0.465 e. The van der Waals surface area contributed by atoms with Crippen molar-refractivity contribution in [2.45, 2.75) is 25.8 Å². The van der Waals surface area contributed by atoms with E-state index < -0.39 is 0 Å². The second-order valence-electron chi connectivity index (χ2n) is 4.18. The second-order valence-corrected chi connectivity index (χ2v) is 4.18. The third-order valence-corrected chi connectivity index (χ3v) is 3.00. The van der Waals surface area contributed by atoms with Crippen LogP contribution in [0.4, 0.5) is 0 Å².